The Morgan fingerprint density at radius 3 is 2.90 bits per heavy atom. The lowest BCUT2D eigenvalue weighted by molar-refractivity contribution is -0.142. The fourth-order valence-corrected chi connectivity index (χ4v) is 2.58. The molecule has 1 aliphatic heterocycles. The first-order valence-corrected chi connectivity index (χ1v) is 7.46. The van der Waals surface area contributed by atoms with Gasteiger partial charge in [0.05, 0.1) is 5.92 Å². The van der Waals surface area contributed by atoms with Crippen LogP contribution in [0.2, 0.25) is 0 Å². The lowest BCUT2D eigenvalue weighted by Gasteiger charge is -2.26. The Morgan fingerprint density at radius 1 is 1.43 bits per heavy atom. The number of rotatable bonds is 6. The molecule has 0 aliphatic carbocycles. The van der Waals surface area contributed by atoms with Crippen LogP contribution < -0.4 is 10.6 Å². The Labute approximate surface area is 124 Å². The number of carbonyl (C=O) groups is 2. The lowest BCUT2D eigenvalue weighted by Crippen LogP contribution is -2.46. The van der Waals surface area contributed by atoms with Gasteiger partial charge in [-0.25, -0.2) is 4.79 Å². The summed E-state index contributed by atoms with van der Waals surface area (Å²) in [5.41, 5.74) is 2.16. The summed E-state index contributed by atoms with van der Waals surface area (Å²) in [5.74, 6) is -1.36. The summed E-state index contributed by atoms with van der Waals surface area (Å²) < 4.78 is 0. The minimum atomic E-state index is -0.957. The van der Waals surface area contributed by atoms with Gasteiger partial charge in [0.15, 0.2) is 0 Å². The first-order chi connectivity index (χ1) is 10.1. The van der Waals surface area contributed by atoms with E-state index in [4.69, 9.17) is 0 Å². The van der Waals surface area contributed by atoms with Crippen molar-refractivity contribution in [2.75, 3.05) is 11.9 Å². The zero-order valence-corrected chi connectivity index (χ0v) is 12.3. The van der Waals surface area contributed by atoms with Gasteiger partial charge in [-0.15, -0.1) is 0 Å². The third-order valence-electron chi connectivity index (χ3n) is 3.85. The highest BCUT2D eigenvalue weighted by Gasteiger charge is 2.27. The maximum Gasteiger partial charge on any atom is 0.326 e. The molecule has 0 fully saturated rings. The summed E-state index contributed by atoms with van der Waals surface area (Å²) in [4.78, 5) is 23.5. The minimum Gasteiger partial charge on any atom is -0.480 e. The SMILES string of the molecule is CCCC[C@H](NC(=O)C1CNc2ccccc2C1)C(=O)O. The minimum absolute atomic E-state index is 0.180. The summed E-state index contributed by atoms with van der Waals surface area (Å²) in [6.45, 7) is 2.55. The van der Waals surface area contributed by atoms with Crippen molar-refractivity contribution < 1.29 is 14.7 Å². The number of hydrogen-bond acceptors (Lipinski definition) is 3. The number of carbonyl (C=O) groups excluding carboxylic acids is 1. The maximum absolute atomic E-state index is 12.3. The summed E-state index contributed by atoms with van der Waals surface area (Å²) >= 11 is 0. The third kappa shape index (κ3) is 3.97. The Kier molecular flexibility index (Phi) is 5.20. The molecule has 1 aromatic rings. The van der Waals surface area contributed by atoms with E-state index in [0.29, 0.717) is 19.4 Å². The first-order valence-electron chi connectivity index (χ1n) is 7.46. The van der Waals surface area contributed by atoms with Crippen LogP contribution in [-0.2, 0) is 16.0 Å². The number of para-hydroxylation sites is 1. The smallest absolute Gasteiger partial charge is 0.326 e. The molecule has 1 unspecified atom stereocenters. The summed E-state index contributed by atoms with van der Waals surface area (Å²) in [7, 11) is 0. The van der Waals surface area contributed by atoms with Crippen LogP contribution in [0, 0.1) is 5.92 Å². The van der Waals surface area contributed by atoms with Gasteiger partial charge in [0.1, 0.15) is 6.04 Å². The second-order valence-electron chi connectivity index (χ2n) is 5.48. The molecule has 5 heteroatoms. The van der Waals surface area contributed by atoms with Gasteiger partial charge in [0.25, 0.3) is 0 Å². The van der Waals surface area contributed by atoms with Crippen molar-refractivity contribution in [3.8, 4) is 0 Å². The van der Waals surface area contributed by atoms with E-state index in [9.17, 15) is 14.7 Å². The van der Waals surface area contributed by atoms with Crippen molar-refractivity contribution in [2.24, 2.45) is 5.92 Å². The second-order valence-corrected chi connectivity index (χ2v) is 5.48. The molecule has 0 aromatic heterocycles. The molecule has 0 saturated heterocycles. The highest BCUT2D eigenvalue weighted by Crippen LogP contribution is 2.24. The van der Waals surface area contributed by atoms with Gasteiger partial charge < -0.3 is 15.7 Å². The molecule has 3 N–H and O–H groups in total. The van der Waals surface area contributed by atoms with Gasteiger partial charge in [-0.1, -0.05) is 38.0 Å². The van der Waals surface area contributed by atoms with Gasteiger partial charge >= 0.3 is 5.97 Å². The first kappa shape index (κ1) is 15.4. The van der Waals surface area contributed by atoms with E-state index in [0.717, 1.165) is 24.1 Å². The highest BCUT2D eigenvalue weighted by atomic mass is 16.4. The van der Waals surface area contributed by atoms with Gasteiger partial charge in [0, 0.05) is 12.2 Å². The number of fused-ring (bicyclic) bond motifs is 1. The molecule has 2 rings (SSSR count). The van der Waals surface area contributed by atoms with Crippen molar-refractivity contribution in [1.82, 2.24) is 5.32 Å². The van der Waals surface area contributed by atoms with Gasteiger partial charge in [-0.3, -0.25) is 4.79 Å². The molecule has 0 saturated carbocycles. The average Bonchev–Trinajstić information content (AvgIpc) is 2.50. The predicted octanol–water partition coefficient (Wildman–Crippen LogP) is 2.03. The fourth-order valence-electron chi connectivity index (χ4n) is 2.58. The highest BCUT2D eigenvalue weighted by molar-refractivity contribution is 5.86. The number of anilines is 1. The number of hydrogen-bond donors (Lipinski definition) is 3. The number of benzene rings is 1. The molecular formula is C16H22N2O3. The molecule has 5 nitrogen and oxygen atoms in total. The molecule has 1 heterocycles. The third-order valence-corrected chi connectivity index (χ3v) is 3.85. The molecule has 1 aromatic carbocycles. The summed E-state index contributed by atoms with van der Waals surface area (Å²) in [6, 6.07) is 7.10. The molecule has 114 valence electrons. The van der Waals surface area contributed by atoms with Gasteiger partial charge in [-0.2, -0.15) is 0 Å². The van der Waals surface area contributed by atoms with Gasteiger partial charge in [0.2, 0.25) is 5.91 Å². The molecule has 1 aliphatic rings. The van der Waals surface area contributed by atoms with Crippen LogP contribution in [0.25, 0.3) is 0 Å². The monoisotopic (exact) mass is 290 g/mol. The van der Waals surface area contributed by atoms with Crippen molar-refractivity contribution in [2.45, 2.75) is 38.6 Å². The zero-order valence-electron chi connectivity index (χ0n) is 12.3. The van der Waals surface area contributed by atoms with Crippen LogP contribution >= 0.6 is 0 Å². The number of carboxylic acid groups (broad SMARTS) is 1. The Hall–Kier alpha value is -2.04. The van der Waals surface area contributed by atoms with Crippen molar-refractivity contribution >= 4 is 17.6 Å². The van der Waals surface area contributed by atoms with Crippen LogP contribution in [0.1, 0.15) is 31.7 Å². The van der Waals surface area contributed by atoms with E-state index in [1.165, 1.54) is 0 Å². The lowest BCUT2D eigenvalue weighted by atomic mass is 9.93. The van der Waals surface area contributed by atoms with Crippen LogP contribution in [0.3, 0.4) is 0 Å². The van der Waals surface area contributed by atoms with Crippen molar-refractivity contribution in [3.63, 3.8) is 0 Å². The van der Waals surface area contributed by atoms with Crippen LogP contribution in [0.15, 0.2) is 24.3 Å². The van der Waals surface area contributed by atoms with Crippen molar-refractivity contribution in [3.05, 3.63) is 29.8 Å². The van der Waals surface area contributed by atoms with E-state index in [2.05, 4.69) is 10.6 Å². The number of unbranched alkanes of at least 4 members (excludes halogenated alkanes) is 1. The molecule has 0 radical (unpaired) electrons. The zero-order chi connectivity index (χ0) is 15.2. The Bertz CT molecular complexity index is 516. The summed E-state index contributed by atoms with van der Waals surface area (Å²) in [6.07, 6.45) is 2.84. The molecule has 0 spiro atoms. The standard InChI is InChI=1S/C16H22N2O3/c1-2-3-7-14(16(20)21)18-15(19)12-9-11-6-4-5-8-13(11)17-10-12/h4-6,8,12,14,17H,2-3,7,9-10H2,1H3,(H,18,19)(H,20,21)/t12?,14-/m0/s1. The molecule has 1 amide bonds. The Balaban J connectivity index is 1.96. The number of amides is 1. The van der Waals surface area contributed by atoms with Crippen molar-refractivity contribution in [1.29, 1.82) is 0 Å². The van der Waals surface area contributed by atoms with Crippen LogP contribution in [-0.4, -0.2) is 29.6 Å². The number of nitrogens with one attached hydrogen (secondary N) is 2. The quantitative estimate of drug-likeness (QED) is 0.749. The maximum atomic E-state index is 12.3. The van der Waals surface area contributed by atoms with E-state index in [-0.39, 0.29) is 11.8 Å². The van der Waals surface area contributed by atoms with Crippen LogP contribution in [0.4, 0.5) is 5.69 Å². The normalized spacial score (nSPS) is 18.2. The average molecular weight is 290 g/mol. The molecule has 2 atom stereocenters. The fraction of sp³-hybridized carbons (Fsp3) is 0.500. The predicted molar refractivity (Wildman–Crippen MR) is 81.2 cm³/mol. The van der Waals surface area contributed by atoms with E-state index in [1.54, 1.807) is 0 Å². The Morgan fingerprint density at radius 2 is 2.19 bits per heavy atom. The molecule has 21 heavy (non-hydrogen) atoms. The van der Waals surface area contributed by atoms with E-state index < -0.39 is 12.0 Å². The van der Waals surface area contributed by atoms with E-state index >= 15 is 0 Å². The largest absolute Gasteiger partial charge is 0.480 e. The topological polar surface area (TPSA) is 78.4 Å². The number of carboxylic acids is 1. The summed E-state index contributed by atoms with van der Waals surface area (Å²) in [5, 5.41) is 15.1. The van der Waals surface area contributed by atoms with E-state index in [1.807, 2.05) is 31.2 Å². The molecular weight excluding hydrogens is 268 g/mol. The van der Waals surface area contributed by atoms with Crippen LogP contribution in [0.5, 0.6) is 0 Å². The molecule has 0 bridgehead atoms. The van der Waals surface area contributed by atoms with Gasteiger partial charge in [-0.05, 0) is 24.5 Å². The number of aliphatic carboxylic acids is 1. The second kappa shape index (κ2) is 7.11.